The Balaban J connectivity index is 0.000000197. The van der Waals surface area contributed by atoms with Crippen LogP contribution in [0.1, 0.15) is 252 Å². The van der Waals surface area contributed by atoms with E-state index in [1.165, 1.54) is 44.9 Å². The van der Waals surface area contributed by atoms with E-state index in [1.807, 2.05) is 0 Å². The maximum Gasteiger partial charge on any atom is -0.0264 e. The van der Waals surface area contributed by atoms with E-state index in [9.17, 15) is 0 Å². The van der Waals surface area contributed by atoms with Crippen LogP contribution in [0.25, 0.3) is 0 Å². The van der Waals surface area contributed by atoms with Gasteiger partial charge in [0, 0.05) is 0 Å². The lowest BCUT2D eigenvalue weighted by atomic mass is 9.39. The molecule has 9 fully saturated rings. The fourth-order valence-electron chi connectivity index (χ4n) is 18.7. The molecule has 0 radical (unpaired) electrons. The third-order valence-electron chi connectivity index (χ3n) is 21.2. The van der Waals surface area contributed by atoms with Crippen molar-refractivity contribution in [2.75, 3.05) is 0 Å². The van der Waals surface area contributed by atoms with Crippen molar-refractivity contribution < 1.29 is 0 Å². The minimum Gasteiger partial charge on any atom is -0.0654 e. The van der Waals surface area contributed by atoms with E-state index >= 15 is 0 Å². The second kappa shape index (κ2) is 20.9. The molecule has 0 aromatic heterocycles. The maximum absolute atomic E-state index is 2.64. The van der Waals surface area contributed by atoms with Gasteiger partial charge in [-0.3, -0.25) is 0 Å². The summed E-state index contributed by atoms with van der Waals surface area (Å²) >= 11 is 0. The zero-order chi connectivity index (χ0) is 44.6. The Bertz CT molecular complexity index is 1280. The molecule has 0 heteroatoms. The lowest BCUT2D eigenvalue weighted by Crippen LogP contribution is -2.56. The zero-order valence-electron chi connectivity index (χ0n) is 44.6. The summed E-state index contributed by atoms with van der Waals surface area (Å²) in [5, 5.41) is 0. The minimum atomic E-state index is 0.727. The van der Waals surface area contributed by atoms with Crippen molar-refractivity contribution in [3.63, 3.8) is 0 Å². The summed E-state index contributed by atoms with van der Waals surface area (Å²) < 4.78 is 0. The third-order valence-corrected chi connectivity index (χ3v) is 21.2. The number of unbranched alkanes of at least 4 members (excludes halogenated alkanes) is 4. The van der Waals surface area contributed by atoms with Crippen LogP contribution in [0.4, 0.5) is 0 Å². The standard InChI is InChI=1S/C35H62.C18H30.2C4H10/c1-8-11-12-13-14-15-27-24(7)20-35(10-3)21-26(18-32(27)35)30-17-25-16-28(22(4)5)34-29(23(6)9-2)19-31(30)33(25)34;1-12(2)14-6-18(7-14)10-16(11-18)15-8-17(9-15)4-13(3)5-17;2*1-4(2)3/h22-34H,8-21H2,1-7H3;12-16H,4-11H2,1-3H3;2*4H,1-3H3. The Morgan fingerprint density at radius 1 is 0.492 bits per heavy atom. The molecule has 0 nitrogen and oxygen atoms in total. The largest absolute Gasteiger partial charge is 0.0654 e. The Kier molecular flexibility index (Phi) is 17.3. The number of hydrogen-bond donors (Lipinski definition) is 0. The summed E-state index contributed by atoms with van der Waals surface area (Å²) in [5.74, 6) is 20.7. The van der Waals surface area contributed by atoms with Crippen LogP contribution >= 0.6 is 0 Å². The SMILES string of the molecule is CC(C)C.CC(C)C.CC1CC2(C1)CC(C1CC3(CC(C(C)C)C3)C1)C2.CCCCCCCC1C(C)CC2(CC)CC(C3CC4CC(C(C)C)C5C(C(C)CC)CC3C45)CC12. The highest BCUT2D eigenvalue weighted by Gasteiger charge is 2.65. The van der Waals surface area contributed by atoms with E-state index in [0.717, 1.165) is 135 Å². The van der Waals surface area contributed by atoms with E-state index in [1.54, 1.807) is 96.3 Å². The van der Waals surface area contributed by atoms with E-state index < -0.39 is 0 Å². The van der Waals surface area contributed by atoms with Crippen LogP contribution in [0.15, 0.2) is 0 Å². The topological polar surface area (TPSA) is 0 Å². The van der Waals surface area contributed by atoms with Crippen LogP contribution in [-0.2, 0) is 0 Å². The number of rotatable bonds is 13. The first-order valence-electron chi connectivity index (χ1n) is 28.8. The molecule has 9 aliphatic rings. The van der Waals surface area contributed by atoms with E-state index in [4.69, 9.17) is 0 Å². The zero-order valence-corrected chi connectivity index (χ0v) is 44.6. The molecule has 0 amide bonds. The summed E-state index contributed by atoms with van der Waals surface area (Å²) in [7, 11) is 0. The highest BCUT2D eigenvalue weighted by molar-refractivity contribution is 5.14. The van der Waals surface area contributed by atoms with Gasteiger partial charge < -0.3 is 0 Å². The molecule has 0 bridgehead atoms. The van der Waals surface area contributed by atoms with Crippen molar-refractivity contribution in [1.82, 2.24) is 0 Å². The molecule has 9 rings (SSSR count). The van der Waals surface area contributed by atoms with E-state index in [2.05, 4.69) is 111 Å². The minimum absolute atomic E-state index is 0.727. The maximum atomic E-state index is 2.64. The molecular formula is C61H112. The van der Waals surface area contributed by atoms with Crippen molar-refractivity contribution in [3.8, 4) is 0 Å². The molecular weight excluding hydrogens is 733 g/mol. The first-order valence-corrected chi connectivity index (χ1v) is 28.8. The van der Waals surface area contributed by atoms with Gasteiger partial charge in [0.1, 0.15) is 0 Å². The molecule has 0 aromatic carbocycles. The lowest BCUT2D eigenvalue weighted by molar-refractivity contribution is -0.156. The van der Waals surface area contributed by atoms with Gasteiger partial charge in [-0.2, -0.15) is 0 Å². The van der Waals surface area contributed by atoms with Gasteiger partial charge in [0.25, 0.3) is 0 Å². The Hall–Kier alpha value is 0. The Labute approximate surface area is 385 Å². The molecule has 13 atom stereocenters. The molecule has 0 saturated heterocycles. The van der Waals surface area contributed by atoms with Crippen LogP contribution in [-0.4, -0.2) is 0 Å². The fraction of sp³-hybridized carbons (Fsp3) is 1.00. The second-order valence-electron chi connectivity index (χ2n) is 28.2. The van der Waals surface area contributed by atoms with Gasteiger partial charge >= 0.3 is 0 Å². The first-order chi connectivity index (χ1) is 28.8. The average Bonchev–Trinajstić information content (AvgIpc) is 3.91. The van der Waals surface area contributed by atoms with Crippen molar-refractivity contribution in [2.45, 2.75) is 252 Å². The predicted octanol–water partition coefficient (Wildman–Crippen LogP) is 19.3. The van der Waals surface area contributed by atoms with Gasteiger partial charge in [0.05, 0.1) is 0 Å². The fourth-order valence-corrected chi connectivity index (χ4v) is 18.7. The lowest BCUT2D eigenvalue weighted by Gasteiger charge is -2.66. The molecule has 61 heavy (non-hydrogen) atoms. The molecule has 0 heterocycles. The monoisotopic (exact) mass is 845 g/mol. The van der Waals surface area contributed by atoms with Crippen LogP contribution in [0.2, 0.25) is 0 Å². The normalized spacial score (nSPS) is 46.5. The number of hydrogen-bond acceptors (Lipinski definition) is 0. The predicted molar refractivity (Wildman–Crippen MR) is 269 cm³/mol. The van der Waals surface area contributed by atoms with Gasteiger partial charge in [-0.15, -0.1) is 0 Å². The molecule has 2 spiro atoms. The van der Waals surface area contributed by atoms with Crippen molar-refractivity contribution in [1.29, 1.82) is 0 Å². The molecule has 9 aliphatic carbocycles. The smallest absolute Gasteiger partial charge is 0.0264 e. The van der Waals surface area contributed by atoms with Crippen LogP contribution in [0.3, 0.4) is 0 Å². The van der Waals surface area contributed by atoms with Gasteiger partial charge in [0.15, 0.2) is 0 Å². The molecule has 0 aromatic rings. The molecule has 13 unspecified atom stereocenters. The van der Waals surface area contributed by atoms with Crippen LogP contribution in [0, 0.1) is 135 Å². The highest BCUT2D eigenvalue weighted by Crippen LogP contribution is 2.73. The molecule has 356 valence electrons. The van der Waals surface area contributed by atoms with Crippen molar-refractivity contribution in [3.05, 3.63) is 0 Å². The summed E-state index contributed by atoms with van der Waals surface area (Å²) in [4.78, 5) is 0. The second-order valence-corrected chi connectivity index (χ2v) is 28.2. The Morgan fingerprint density at radius 2 is 1.07 bits per heavy atom. The van der Waals surface area contributed by atoms with Crippen LogP contribution < -0.4 is 0 Å². The molecule has 0 aliphatic heterocycles. The van der Waals surface area contributed by atoms with E-state index in [0.29, 0.717) is 0 Å². The van der Waals surface area contributed by atoms with Crippen LogP contribution in [0.5, 0.6) is 0 Å². The van der Waals surface area contributed by atoms with Gasteiger partial charge in [-0.25, -0.2) is 0 Å². The highest BCUT2D eigenvalue weighted by atomic mass is 14.7. The average molecular weight is 846 g/mol. The van der Waals surface area contributed by atoms with Gasteiger partial charge in [0.2, 0.25) is 0 Å². The summed E-state index contributed by atoms with van der Waals surface area (Å²) in [5.41, 5.74) is 2.48. The molecule has 9 saturated carbocycles. The summed E-state index contributed by atoms with van der Waals surface area (Å²) in [6, 6.07) is 0. The summed E-state index contributed by atoms with van der Waals surface area (Å²) in [6.45, 7) is 38.0. The van der Waals surface area contributed by atoms with Gasteiger partial charge in [-0.1, -0.05) is 156 Å². The third kappa shape index (κ3) is 10.9. The first kappa shape index (κ1) is 50.4. The van der Waals surface area contributed by atoms with E-state index in [-0.39, 0.29) is 0 Å². The Morgan fingerprint density at radius 3 is 1.57 bits per heavy atom. The van der Waals surface area contributed by atoms with Crippen molar-refractivity contribution >= 4 is 0 Å². The molecule has 0 N–H and O–H groups in total. The van der Waals surface area contributed by atoms with Gasteiger partial charge in [-0.05, 0) is 231 Å². The van der Waals surface area contributed by atoms with Crippen molar-refractivity contribution in [2.24, 2.45) is 135 Å². The number of fused-ring (bicyclic) bond motifs is 1. The summed E-state index contributed by atoms with van der Waals surface area (Å²) in [6.07, 6.45) is 34.2. The quantitative estimate of drug-likeness (QED) is 0.162.